The van der Waals surface area contributed by atoms with Crippen LogP contribution in [0.2, 0.25) is 0 Å². The van der Waals surface area contributed by atoms with Crippen LogP contribution in [0.5, 0.6) is 0 Å². The molecule has 0 amide bonds. The zero-order chi connectivity index (χ0) is 19.8. The van der Waals surface area contributed by atoms with Gasteiger partial charge in [-0.2, -0.15) is 0 Å². The smallest absolute Gasteiger partial charge is 0.184 e. The van der Waals surface area contributed by atoms with Gasteiger partial charge in [-0.3, -0.25) is 9.79 Å². The normalized spacial score (nSPS) is 14.7. The van der Waals surface area contributed by atoms with Crippen molar-refractivity contribution in [2.75, 3.05) is 32.2 Å². The fourth-order valence-corrected chi connectivity index (χ4v) is 2.74. The van der Waals surface area contributed by atoms with E-state index in [4.69, 9.17) is 10.5 Å². The van der Waals surface area contributed by atoms with Crippen LogP contribution in [0.1, 0.15) is 0 Å². The molecule has 0 saturated carbocycles. The van der Waals surface area contributed by atoms with Crippen molar-refractivity contribution in [1.82, 2.24) is 0 Å². The monoisotopic (exact) mass is 504 g/mol. The third kappa shape index (κ3) is 8.25. The first kappa shape index (κ1) is 21.6. The molecule has 2 heterocycles. The lowest BCUT2D eigenvalue weighted by atomic mass is 10.3. The Kier molecular flexibility index (Phi) is 8.49. The Balaban J connectivity index is 0.000000161. The highest BCUT2D eigenvalue weighted by Gasteiger charge is 2.11. The summed E-state index contributed by atoms with van der Waals surface area (Å²) < 4.78 is 36.0. The summed E-state index contributed by atoms with van der Waals surface area (Å²) >= 11 is 6.30. The fourth-order valence-electron chi connectivity index (χ4n) is 1.80. The van der Waals surface area contributed by atoms with Crippen molar-refractivity contribution in [2.45, 2.75) is 0 Å². The van der Waals surface area contributed by atoms with Gasteiger partial charge in [0.05, 0.1) is 24.6 Å². The summed E-state index contributed by atoms with van der Waals surface area (Å²) in [6, 6.07) is 8.84. The first-order chi connectivity index (χ1) is 12.8. The molecule has 2 N–H and O–H groups in total. The second-order valence-corrected chi connectivity index (χ2v) is 7.36. The highest BCUT2D eigenvalue weighted by Crippen LogP contribution is 2.22. The average molecular weight is 506 g/mol. The van der Waals surface area contributed by atoms with Crippen molar-refractivity contribution in [1.29, 1.82) is 0 Å². The molecule has 0 bridgehead atoms. The predicted octanol–water partition coefficient (Wildman–Crippen LogP) is 4.45. The number of hydrogen-bond donors (Lipinski definition) is 1. The maximum absolute atomic E-state index is 12.9. The van der Waals surface area contributed by atoms with Crippen molar-refractivity contribution in [3.05, 3.63) is 57.0 Å². The number of ketones is 1. The van der Waals surface area contributed by atoms with Crippen LogP contribution in [0.25, 0.3) is 0 Å². The third-order valence-electron chi connectivity index (χ3n) is 3.08. The Morgan fingerprint density at radius 3 is 1.74 bits per heavy atom. The van der Waals surface area contributed by atoms with Gasteiger partial charge >= 0.3 is 0 Å². The Morgan fingerprint density at radius 1 is 0.852 bits per heavy atom. The molecule has 0 spiro atoms. The summed E-state index contributed by atoms with van der Waals surface area (Å²) in [5.74, 6) is -0.388. The van der Waals surface area contributed by atoms with E-state index in [1.807, 2.05) is 0 Å². The lowest BCUT2D eigenvalue weighted by Crippen LogP contribution is -2.27. The van der Waals surface area contributed by atoms with E-state index >= 15 is 0 Å². The number of carbonyl (C=O) groups is 1. The van der Waals surface area contributed by atoms with Crippen LogP contribution in [0, 0.1) is 11.6 Å². The Hall–Kier alpha value is -1.68. The average Bonchev–Trinajstić information content (AvgIpc) is 2.48. The minimum absolute atomic E-state index is 0.213. The zero-order valence-corrected chi connectivity index (χ0v) is 17.2. The van der Waals surface area contributed by atoms with Crippen LogP contribution in [0.15, 0.2) is 50.3 Å². The molecule has 0 aliphatic carbocycles. The summed E-state index contributed by atoms with van der Waals surface area (Å²) in [7, 11) is 0. The Bertz CT molecular complexity index is 765. The van der Waals surface area contributed by atoms with E-state index in [0.717, 1.165) is 5.71 Å². The Morgan fingerprint density at radius 2 is 1.37 bits per heavy atom. The van der Waals surface area contributed by atoms with Crippen LogP contribution in [0.4, 0.5) is 20.2 Å². The molecule has 2 aliphatic heterocycles. The van der Waals surface area contributed by atoms with Crippen LogP contribution in [-0.2, 0) is 14.3 Å². The second-order valence-electron chi connectivity index (χ2n) is 5.53. The molecule has 9 heteroatoms. The van der Waals surface area contributed by atoms with Gasteiger partial charge in [0.15, 0.2) is 5.78 Å². The van der Waals surface area contributed by atoms with Crippen molar-refractivity contribution in [3.63, 3.8) is 0 Å². The predicted molar refractivity (Wildman–Crippen MR) is 106 cm³/mol. The molecule has 0 atom stereocenters. The lowest BCUT2D eigenvalue weighted by Gasteiger charge is -2.15. The lowest BCUT2D eigenvalue weighted by molar-refractivity contribution is -0.140. The summed E-state index contributed by atoms with van der Waals surface area (Å²) in [6.45, 7) is 1.82. The van der Waals surface area contributed by atoms with E-state index in [-0.39, 0.29) is 17.4 Å². The fraction of sp³-hybridized carbons (Fsp3) is 0.222. The number of nitrogens with two attached hydrogens (primary N) is 1. The highest BCUT2D eigenvalue weighted by molar-refractivity contribution is 9.10. The molecule has 2 aromatic carbocycles. The number of carbonyl (C=O) groups excluding carboxylic acids is 1. The minimum atomic E-state index is -0.318. The van der Waals surface area contributed by atoms with Gasteiger partial charge in [0.25, 0.3) is 0 Å². The molecule has 5 nitrogen and oxygen atoms in total. The second kappa shape index (κ2) is 10.6. The summed E-state index contributed by atoms with van der Waals surface area (Å²) in [5, 5.41) is 0. The molecule has 4 rings (SSSR count). The van der Waals surface area contributed by atoms with Gasteiger partial charge in [-0.05, 0) is 36.4 Å². The van der Waals surface area contributed by atoms with E-state index in [2.05, 4.69) is 41.6 Å². The van der Waals surface area contributed by atoms with Gasteiger partial charge in [-0.1, -0.05) is 31.9 Å². The maximum atomic E-state index is 12.9. The number of ether oxygens (including phenoxy) is 2. The maximum Gasteiger partial charge on any atom is 0.184 e. The van der Waals surface area contributed by atoms with Crippen LogP contribution >= 0.6 is 31.9 Å². The molecular weight excluding hydrogens is 490 g/mol. The third-order valence-corrected chi connectivity index (χ3v) is 4.00. The molecule has 0 unspecified atom stereocenters. The van der Waals surface area contributed by atoms with Crippen LogP contribution in [-0.4, -0.2) is 37.9 Å². The molecule has 27 heavy (non-hydrogen) atoms. The summed E-state index contributed by atoms with van der Waals surface area (Å²) in [6.07, 6.45) is 0. The number of anilines is 1. The molecule has 144 valence electrons. The van der Waals surface area contributed by atoms with E-state index < -0.39 is 0 Å². The van der Waals surface area contributed by atoms with E-state index in [1.165, 1.54) is 24.3 Å². The number of benzene rings is 2. The van der Waals surface area contributed by atoms with Gasteiger partial charge < -0.3 is 15.2 Å². The summed E-state index contributed by atoms with van der Waals surface area (Å²) in [5.41, 5.74) is 7.31. The number of Topliss-reactive ketones (excluding diaryl/α,β-unsaturated/α-hetero) is 1. The van der Waals surface area contributed by atoms with Gasteiger partial charge in [-0.15, -0.1) is 0 Å². The Labute approximate surface area is 171 Å². The molecule has 2 saturated heterocycles. The van der Waals surface area contributed by atoms with Crippen molar-refractivity contribution in [3.8, 4) is 0 Å². The number of halogens is 4. The van der Waals surface area contributed by atoms with Crippen LogP contribution in [0.3, 0.4) is 0 Å². The van der Waals surface area contributed by atoms with Gasteiger partial charge in [-0.25, -0.2) is 8.78 Å². The van der Waals surface area contributed by atoms with Crippen molar-refractivity contribution < 1.29 is 23.0 Å². The topological polar surface area (TPSA) is 73.9 Å². The quantitative estimate of drug-likeness (QED) is 0.581. The molecular formula is C18H16Br2F2N2O3. The van der Waals surface area contributed by atoms with Gasteiger partial charge in [0.1, 0.15) is 24.8 Å². The standard InChI is InChI=1S/C9H7BrFNO.C6H5BrFN.C3H4O2/c10-6-1-7(11)3-8(2-6)12-9-4-13-5-9;7-4-1-5(8)3-6(9)2-4;4-3-1-5-2-3/h1-3H,4-5H2;1-3H,9H2;1-2H2. The molecule has 2 aliphatic rings. The van der Waals surface area contributed by atoms with Gasteiger partial charge in [0, 0.05) is 14.6 Å². The van der Waals surface area contributed by atoms with Crippen molar-refractivity contribution >= 4 is 54.7 Å². The number of nitrogens with zero attached hydrogens (tertiary/aromatic N) is 1. The largest absolute Gasteiger partial charge is 0.399 e. The summed E-state index contributed by atoms with van der Waals surface area (Å²) in [4.78, 5) is 14.0. The van der Waals surface area contributed by atoms with E-state index in [1.54, 1.807) is 12.1 Å². The number of rotatable bonds is 1. The number of hydrogen-bond acceptors (Lipinski definition) is 5. The molecule has 2 fully saturated rings. The van der Waals surface area contributed by atoms with Gasteiger partial charge in [0.2, 0.25) is 0 Å². The zero-order valence-electron chi connectivity index (χ0n) is 14.1. The number of aliphatic imine (C=N–C) groups is 1. The molecule has 0 radical (unpaired) electrons. The first-order valence-electron chi connectivity index (χ1n) is 7.73. The van der Waals surface area contributed by atoms with Crippen molar-refractivity contribution in [2.24, 2.45) is 4.99 Å². The molecule has 2 aromatic rings. The van der Waals surface area contributed by atoms with Crippen LogP contribution < -0.4 is 5.73 Å². The van der Waals surface area contributed by atoms with E-state index in [9.17, 15) is 13.6 Å². The minimum Gasteiger partial charge on any atom is -0.399 e. The van der Waals surface area contributed by atoms with E-state index in [0.29, 0.717) is 46.7 Å². The number of nitrogen functional groups attached to an aromatic ring is 1. The SMILES string of the molecule is Fc1cc(Br)cc(N=C2COC2)c1.Nc1cc(F)cc(Br)c1.O=C1COC1. The molecule has 0 aromatic heterocycles. The highest BCUT2D eigenvalue weighted by atomic mass is 79.9. The first-order valence-corrected chi connectivity index (χ1v) is 9.31.